The molecule has 0 radical (unpaired) electrons. The van der Waals surface area contributed by atoms with Crippen LogP contribution in [-0.4, -0.2) is 10.9 Å². The van der Waals surface area contributed by atoms with Crippen LogP contribution in [0.2, 0.25) is 0 Å². The summed E-state index contributed by atoms with van der Waals surface area (Å²) in [7, 11) is 0. The summed E-state index contributed by atoms with van der Waals surface area (Å²) in [6, 6.07) is 8.22. The Morgan fingerprint density at radius 2 is 2.18 bits per heavy atom. The fourth-order valence-electron chi connectivity index (χ4n) is 1.35. The van der Waals surface area contributed by atoms with E-state index in [1.807, 2.05) is 0 Å². The zero-order valence-electron chi connectivity index (χ0n) is 8.76. The summed E-state index contributed by atoms with van der Waals surface area (Å²) in [5, 5.41) is 9.61. The Kier molecular flexibility index (Phi) is 3.44. The molecule has 4 heteroatoms. The molecule has 1 N–H and O–H groups in total. The summed E-state index contributed by atoms with van der Waals surface area (Å²) < 4.78 is 5.78. The molecule has 0 bridgehead atoms. The lowest BCUT2D eigenvalue weighted by molar-refractivity contribution is 0.104. The van der Waals surface area contributed by atoms with E-state index >= 15 is 0 Å². The zero-order chi connectivity index (χ0) is 12.3. The fraction of sp³-hybridized carbons (Fsp3) is 0. The number of benzene rings is 1. The van der Waals surface area contributed by atoms with Gasteiger partial charge in [-0.1, -0.05) is 15.9 Å². The molecule has 1 aromatic heterocycles. The van der Waals surface area contributed by atoms with E-state index in [2.05, 4.69) is 15.9 Å². The number of carbonyl (C=O) groups is 1. The van der Waals surface area contributed by atoms with Crippen LogP contribution in [0.1, 0.15) is 16.1 Å². The quantitative estimate of drug-likeness (QED) is 0.694. The van der Waals surface area contributed by atoms with Crippen LogP contribution < -0.4 is 0 Å². The molecule has 0 atom stereocenters. The zero-order valence-corrected chi connectivity index (χ0v) is 10.3. The topological polar surface area (TPSA) is 50.4 Å². The minimum absolute atomic E-state index is 0.0477. The van der Waals surface area contributed by atoms with Crippen molar-refractivity contribution in [1.29, 1.82) is 0 Å². The summed E-state index contributed by atoms with van der Waals surface area (Å²) in [6.45, 7) is 0. The summed E-state index contributed by atoms with van der Waals surface area (Å²) >= 11 is 3.21. The van der Waals surface area contributed by atoms with Gasteiger partial charge >= 0.3 is 0 Å². The third-order valence-corrected chi connectivity index (χ3v) is 2.66. The molecule has 0 unspecified atom stereocenters. The van der Waals surface area contributed by atoms with Crippen molar-refractivity contribution in [3.05, 3.63) is 58.5 Å². The molecule has 0 aliphatic heterocycles. The molecule has 17 heavy (non-hydrogen) atoms. The third kappa shape index (κ3) is 2.85. The second-order valence-corrected chi connectivity index (χ2v) is 4.29. The van der Waals surface area contributed by atoms with Gasteiger partial charge in [0, 0.05) is 4.47 Å². The van der Waals surface area contributed by atoms with Gasteiger partial charge in [-0.15, -0.1) is 0 Å². The molecular weight excluding hydrogens is 284 g/mol. The van der Waals surface area contributed by atoms with E-state index in [4.69, 9.17) is 4.42 Å². The van der Waals surface area contributed by atoms with Crippen molar-refractivity contribution < 1.29 is 14.3 Å². The molecular formula is C13H9BrO3. The normalized spacial score (nSPS) is 10.9. The fourth-order valence-corrected chi connectivity index (χ4v) is 1.70. The average Bonchev–Trinajstić information content (AvgIpc) is 2.78. The van der Waals surface area contributed by atoms with Crippen LogP contribution in [0.15, 0.2) is 51.6 Å². The number of rotatable bonds is 3. The summed E-state index contributed by atoms with van der Waals surface area (Å²) in [6.07, 6.45) is 4.45. The first kappa shape index (κ1) is 11.7. The first-order valence-electron chi connectivity index (χ1n) is 4.91. The van der Waals surface area contributed by atoms with Crippen molar-refractivity contribution in [1.82, 2.24) is 0 Å². The molecule has 0 aliphatic rings. The summed E-state index contributed by atoms with van der Waals surface area (Å²) in [4.78, 5) is 11.8. The van der Waals surface area contributed by atoms with Gasteiger partial charge in [0.1, 0.15) is 11.5 Å². The molecule has 0 saturated carbocycles. The smallest absolute Gasteiger partial charge is 0.189 e. The first-order valence-corrected chi connectivity index (χ1v) is 5.70. The number of allylic oxidation sites excluding steroid dienone is 1. The Labute approximate surface area is 107 Å². The molecule has 0 amide bonds. The van der Waals surface area contributed by atoms with E-state index in [9.17, 15) is 9.90 Å². The van der Waals surface area contributed by atoms with Crippen LogP contribution >= 0.6 is 15.9 Å². The van der Waals surface area contributed by atoms with Gasteiger partial charge in [0.15, 0.2) is 5.78 Å². The minimum atomic E-state index is -0.272. The predicted octanol–water partition coefficient (Wildman–Crippen LogP) is 3.64. The van der Waals surface area contributed by atoms with Crippen LogP contribution in [0.5, 0.6) is 5.75 Å². The van der Waals surface area contributed by atoms with E-state index < -0.39 is 0 Å². The molecule has 0 aliphatic carbocycles. The van der Waals surface area contributed by atoms with Crippen LogP contribution in [-0.2, 0) is 0 Å². The molecule has 3 nitrogen and oxygen atoms in total. The molecule has 1 heterocycles. The number of hydrogen-bond donors (Lipinski definition) is 1. The molecule has 1 aromatic carbocycles. The average molecular weight is 293 g/mol. The van der Waals surface area contributed by atoms with Crippen LogP contribution in [0.25, 0.3) is 6.08 Å². The lowest BCUT2D eigenvalue weighted by Gasteiger charge is -2.00. The van der Waals surface area contributed by atoms with Gasteiger partial charge < -0.3 is 9.52 Å². The lowest BCUT2D eigenvalue weighted by Crippen LogP contribution is -1.94. The molecule has 0 spiro atoms. The number of halogens is 1. The van der Waals surface area contributed by atoms with Crippen molar-refractivity contribution in [2.45, 2.75) is 0 Å². The number of hydrogen-bond acceptors (Lipinski definition) is 3. The van der Waals surface area contributed by atoms with Crippen molar-refractivity contribution in [2.75, 3.05) is 0 Å². The minimum Gasteiger partial charge on any atom is -0.507 e. The highest BCUT2D eigenvalue weighted by molar-refractivity contribution is 9.10. The van der Waals surface area contributed by atoms with E-state index in [1.165, 1.54) is 18.4 Å². The van der Waals surface area contributed by atoms with E-state index in [0.717, 1.165) is 4.47 Å². The molecule has 0 fully saturated rings. The van der Waals surface area contributed by atoms with Crippen molar-refractivity contribution >= 4 is 27.8 Å². The van der Waals surface area contributed by atoms with Gasteiger partial charge in [-0.2, -0.15) is 0 Å². The number of ketones is 1. The van der Waals surface area contributed by atoms with E-state index in [1.54, 1.807) is 30.3 Å². The number of phenolic OH excluding ortho intramolecular Hbond substituents is 1. The van der Waals surface area contributed by atoms with Crippen LogP contribution in [0.3, 0.4) is 0 Å². The Morgan fingerprint density at radius 3 is 2.82 bits per heavy atom. The number of aromatic hydroxyl groups is 1. The van der Waals surface area contributed by atoms with E-state index in [0.29, 0.717) is 5.76 Å². The van der Waals surface area contributed by atoms with E-state index in [-0.39, 0.29) is 17.1 Å². The van der Waals surface area contributed by atoms with Crippen molar-refractivity contribution in [2.24, 2.45) is 0 Å². The Balaban J connectivity index is 2.20. The maximum Gasteiger partial charge on any atom is 0.189 e. The van der Waals surface area contributed by atoms with Gasteiger partial charge in [0.25, 0.3) is 0 Å². The maximum atomic E-state index is 11.8. The monoisotopic (exact) mass is 292 g/mol. The van der Waals surface area contributed by atoms with Crippen LogP contribution in [0.4, 0.5) is 0 Å². The standard InChI is InChI=1S/C13H9BrO3/c14-9-3-5-11(13(16)8-9)12(15)6-4-10-2-1-7-17-10/h1-8,16H/b6-4+. The SMILES string of the molecule is O=C(/C=C/c1ccco1)c1ccc(Br)cc1O. The Hall–Kier alpha value is -1.81. The second kappa shape index (κ2) is 5.01. The van der Waals surface area contributed by atoms with Gasteiger partial charge in [0.2, 0.25) is 0 Å². The largest absolute Gasteiger partial charge is 0.507 e. The van der Waals surface area contributed by atoms with Gasteiger partial charge in [-0.25, -0.2) is 0 Å². The summed E-state index contributed by atoms with van der Waals surface area (Å²) in [5.41, 5.74) is 0.260. The van der Waals surface area contributed by atoms with Gasteiger partial charge in [0.05, 0.1) is 11.8 Å². The summed E-state index contributed by atoms with van der Waals surface area (Å²) in [5.74, 6) is 0.273. The third-order valence-electron chi connectivity index (χ3n) is 2.17. The first-order chi connectivity index (χ1) is 8.16. The van der Waals surface area contributed by atoms with Crippen molar-refractivity contribution in [3.8, 4) is 5.75 Å². The second-order valence-electron chi connectivity index (χ2n) is 3.37. The highest BCUT2D eigenvalue weighted by Gasteiger charge is 2.08. The number of carbonyl (C=O) groups excluding carboxylic acids is 1. The highest BCUT2D eigenvalue weighted by atomic mass is 79.9. The van der Waals surface area contributed by atoms with Gasteiger partial charge in [-0.05, 0) is 42.5 Å². The van der Waals surface area contributed by atoms with Crippen molar-refractivity contribution in [3.63, 3.8) is 0 Å². The Morgan fingerprint density at radius 1 is 1.35 bits per heavy atom. The number of furan rings is 1. The Bertz CT molecular complexity index is 556. The van der Waals surface area contributed by atoms with Crippen LogP contribution in [0, 0.1) is 0 Å². The highest BCUT2D eigenvalue weighted by Crippen LogP contribution is 2.23. The molecule has 2 aromatic rings. The number of phenols is 1. The molecule has 86 valence electrons. The van der Waals surface area contributed by atoms with Gasteiger partial charge in [-0.3, -0.25) is 4.79 Å². The molecule has 2 rings (SSSR count). The lowest BCUT2D eigenvalue weighted by atomic mass is 10.1. The maximum absolute atomic E-state index is 11.8. The predicted molar refractivity (Wildman–Crippen MR) is 67.9 cm³/mol. The molecule has 0 saturated heterocycles.